The van der Waals surface area contributed by atoms with Crippen molar-refractivity contribution < 1.29 is 17.6 Å². The number of alkyl halides is 4. The van der Waals surface area contributed by atoms with E-state index in [4.69, 9.17) is 5.73 Å². The molecule has 0 unspecified atom stereocenters. The molecule has 2 aromatic rings. The highest BCUT2D eigenvalue weighted by Gasteiger charge is 2.40. The molecule has 0 fully saturated rings. The van der Waals surface area contributed by atoms with Crippen LogP contribution < -0.4 is 11.1 Å². The zero-order chi connectivity index (χ0) is 19.9. The number of hydrogen-bond acceptors (Lipinski definition) is 6. The van der Waals surface area contributed by atoms with Crippen molar-refractivity contribution in [3.63, 3.8) is 0 Å². The number of rotatable bonds is 9. The highest BCUT2D eigenvalue weighted by Crippen LogP contribution is 2.22. The molecule has 27 heavy (non-hydrogen) atoms. The Morgan fingerprint density at radius 3 is 2.85 bits per heavy atom. The molecule has 0 aliphatic carbocycles. The lowest BCUT2D eigenvalue weighted by molar-refractivity contribution is -0.119. The number of nitrogens with zero attached hydrogens (tertiary/aromatic N) is 5. The number of anilines is 1. The van der Waals surface area contributed by atoms with Gasteiger partial charge in [-0.1, -0.05) is 11.8 Å². The molecule has 2 aromatic heterocycles. The fraction of sp³-hybridized carbons (Fsp3) is 0.500. The van der Waals surface area contributed by atoms with Crippen molar-refractivity contribution in [2.75, 3.05) is 17.6 Å². The summed E-state index contributed by atoms with van der Waals surface area (Å²) in [5.41, 5.74) is 5.43. The molecule has 0 radical (unpaired) electrons. The van der Waals surface area contributed by atoms with Crippen molar-refractivity contribution in [2.24, 2.45) is 10.7 Å². The Hall–Kier alpha value is -2.44. The molecule has 0 aliphatic rings. The normalized spacial score (nSPS) is 12.6. The van der Waals surface area contributed by atoms with Gasteiger partial charge >= 0.3 is 12.3 Å². The van der Waals surface area contributed by atoms with Gasteiger partial charge < -0.3 is 11.1 Å². The molecule has 0 bridgehead atoms. The van der Waals surface area contributed by atoms with Gasteiger partial charge in [0, 0.05) is 18.4 Å². The summed E-state index contributed by atoms with van der Waals surface area (Å²) in [6.45, 7) is 0.377. The number of H-pyrrole nitrogens is 1. The summed E-state index contributed by atoms with van der Waals surface area (Å²) in [7, 11) is 0. The maximum Gasteiger partial charge on any atom is 0.326 e. The van der Waals surface area contributed by atoms with Gasteiger partial charge in [0.15, 0.2) is 11.1 Å². The summed E-state index contributed by atoms with van der Waals surface area (Å²) in [6, 6.07) is 1.45. The molecular formula is C14H18F4N8S. The Balaban J connectivity index is 1.81. The van der Waals surface area contributed by atoms with E-state index < -0.39 is 24.9 Å². The molecule has 0 saturated heterocycles. The molecule has 4 N–H and O–H groups in total. The van der Waals surface area contributed by atoms with Gasteiger partial charge in [-0.15, -0.1) is 0 Å². The van der Waals surface area contributed by atoms with Crippen LogP contribution in [0.3, 0.4) is 0 Å². The van der Waals surface area contributed by atoms with Gasteiger partial charge in [0.1, 0.15) is 24.0 Å². The van der Waals surface area contributed by atoms with Crippen molar-refractivity contribution in [3.05, 3.63) is 23.9 Å². The zero-order valence-corrected chi connectivity index (χ0v) is 15.1. The van der Waals surface area contributed by atoms with E-state index in [0.717, 1.165) is 18.7 Å². The number of nitrogens with one attached hydrogen (secondary N) is 2. The third kappa shape index (κ3) is 7.00. The Morgan fingerprint density at radius 1 is 1.41 bits per heavy atom. The Labute approximate surface area is 156 Å². The lowest BCUT2D eigenvalue weighted by Crippen LogP contribution is -2.33. The van der Waals surface area contributed by atoms with Crippen LogP contribution >= 0.6 is 11.8 Å². The van der Waals surface area contributed by atoms with Crippen molar-refractivity contribution in [2.45, 2.75) is 37.3 Å². The van der Waals surface area contributed by atoms with Crippen LogP contribution in [0.5, 0.6) is 0 Å². The first kappa shape index (κ1) is 20.9. The fourth-order valence-corrected chi connectivity index (χ4v) is 2.59. The zero-order valence-electron chi connectivity index (χ0n) is 14.3. The Morgan fingerprint density at radius 2 is 2.19 bits per heavy atom. The van der Waals surface area contributed by atoms with Crippen LogP contribution in [-0.2, 0) is 6.42 Å². The molecule has 2 heterocycles. The van der Waals surface area contributed by atoms with Gasteiger partial charge in [-0.25, -0.2) is 28.7 Å². The summed E-state index contributed by atoms with van der Waals surface area (Å²) in [5.74, 6) is -2.25. The molecule has 13 heteroatoms. The Bertz CT molecular complexity index is 767. The fourth-order valence-electron chi connectivity index (χ4n) is 1.82. The molecule has 8 nitrogen and oxygen atoms in total. The van der Waals surface area contributed by atoms with Crippen LogP contribution in [0.4, 0.5) is 23.4 Å². The molecule has 0 aromatic carbocycles. The van der Waals surface area contributed by atoms with Gasteiger partial charge in [-0.3, -0.25) is 5.10 Å². The molecule has 148 valence electrons. The quantitative estimate of drug-likeness (QED) is 0.146. The maximum atomic E-state index is 12.8. The van der Waals surface area contributed by atoms with Crippen LogP contribution in [-0.4, -0.2) is 55.8 Å². The monoisotopic (exact) mass is 406 g/mol. The van der Waals surface area contributed by atoms with Crippen LogP contribution in [0.15, 0.2) is 22.4 Å². The van der Waals surface area contributed by atoms with E-state index in [1.54, 1.807) is 6.92 Å². The van der Waals surface area contributed by atoms with Gasteiger partial charge in [0.05, 0.1) is 0 Å². The first-order valence-corrected chi connectivity index (χ1v) is 8.81. The predicted octanol–water partition coefficient (Wildman–Crippen LogP) is 2.26. The number of aryl methyl sites for hydroxylation is 2. The average molecular weight is 406 g/mol. The molecule has 0 saturated carbocycles. The van der Waals surface area contributed by atoms with Crippen LogP contribution in [0.2, 0.25) is 0 Å². The van der Waals surface area contributed by atoms with E-state index in [9.17, 15) is 17.6 Å². The number of halogens is 4. The van der Waals surface area contributed by atoms with Crippen LogP contribution in [0.1, 0.15) is 18.1 Å². The minimum atomic E-state index is -4.24. The van der Waals surface area contributed by atoms with E-state index in [-0.39, 0.29) is 5.82 Å². The van der Waals surface area contributed by atoms with E-state index in [0.29, 0.717) is 16.7 Å². The molecule has 0 aliphatic heterocycles. The standard InChI is InChI=1S/C14H18F4N8S/c1-8-22-10(26-25-8)3-2-6-27-13-20-5-4-9(24-13)23-12(19)21-7-14(17,18)11(15)16/h4-5,11H,2-3,6-7H2,1H3,(H,22,25,26)(H3,19,20,21,23,24). The number of aliphatic imine (C=N–C) groups is 1. The molecule has 2 rings (SSSR count). The van der Waals surface area contributed by atoms with Gasteiger partial charge in [-0.2, -0.15) is 13.9 Å². The van der Waals surface area contributed by atoms with E-state index >= 15 is 0 Å². The smallest absolute Gasteiger partial charge is 0.326 e. The van der Waals surface area contributed by atoms with E-state index in [2.05, 4.69) is 35.5 Å². The summed E-state index contributed by atoms with van der Waals surface area (Å²) in [4.78, 5) is 15.7. The predicted molar refractivity (Wildman–Crippen MR) is 93.3 cm³/mol. The first-order valence-electron chi connectivity index (χ1n) is 7.83. The van der Waals surface area contributed by atoms with Crippen molar-refractivity contribution in [1.29, 1.82) is 0 Å². The third-order valence-electron chi connectivity index (χ3n) is 3.10. The molecule has 0 amide bonds. The third-order valence-corrected chi connectivity index (χ3v) is 4.05. The second kappa shape index (κ2) is 9.48. The van der Waals surface area contributed by atoms with Crippen molar-refractivity contribution in [3.8, 4) is 0 Å². The largest absolute Gasteiger partial charge is 0.370 e. The lowest BCUT2D eigenvalue weighted by Gasteiger charge is -2.12. The van der Waals surface area contributed by atoms with E-state index in [1.165, 1.54) is 24.0 Å². The number of thioether (sulfide) groups is 1. The first-order chi connectivity index (χ1) is 12.8. The van der Waals surface area contributed by atoms with Gasteiger partial charge in [0.25, 0.3) is 0 Å². The summed E-state index contributed by atoms with van der Waals surface area (Å²) in [5, 5.41) is 9.69. The number of aromatic amines is 1. The van der Waals surface area contributed by atoms with Crippen molar-refractivity contribution in [1.82, 2.24) is 25.1 Å². The molecule has 0 spiro atoms. The average Bonchev–Trinajstić information content (AvgIpc) is 3.02. The summed E-state index contributed by atoms with van der Waals surface area (Å²) >= 11 is 1.39. The number of guanidine groups is 1. The highest BCUT2D eigenvalue weighted by molar-refractivity contribution is 7.99. The second-order valence-corrected chi connectivity index (χ2v) is 6.46. The maximum absolute atomic E-state index is 12.8. The number of hydrogen-bond donors (Lipinski definition) is 3. The van der Waals surface area contributed by atoms with E-state index in [1.807, 2.05) is 0 Å². The summed E-state index contributed by atoms with van der Waals surface area (Å²) < 4.78 is 49.8. The van der Waals surface area contributed by atoms with Gasteiger partial charge in [0.2, 0.25) is 0 Å². The van der Waals surface area contributed by atoms with Crippen LogP contribution in [0, 0.1) is 6.92 Å². The lowest BCUT2D eigenvalue weighted by atomic mass is 10.3. The SMILES string of the molecule is Cc1n[nH]c(CCCSc2nccc(NC(N)=NCC(F)(F)C(F)F)n2)n1. The molecular weight excluding hydrogens is 388 g/mol. The topological polar surface area (TPSA) is 118 Å². The van der Waals surface area contributed by atoms with Crippen LogP contribution in [0.25, 0.3) is 0 Å². The second-order valence-electron chi connectivity index (χ2n) is 5.39. The molecule has 0 atom stereocenters. The highest BCUT2D eigenvalue weighted by atomic mass is 32.2. The minimum absolute atomic E-state index is 0.222. The Kier molecular flexibility index (Phi) is 7.33. The summed E-state index contributed by atoms with van der Waals surface area (Å²) in [6.07, 6.45) is -0.813. The number of aromatic nitrogens is 5. The minimum Gasteiger partial charge on any atom is -0.370 e. The number of nitrogens with two attached hydrogens (primary N) is 1. The van der Waals surface area contributed by atoms with Crippen molar-refractivity contribution >= 4 is 23.5 Å². The van der Waals surface area contributed by atoms with Gasteiger partial charge in [-0.05, 0) is 19.4 Å².